The van der Waals surface area contributed by atoms with E-state index in [0.717, 1.165) is 34.9 Å². The number of amides is 1. The Kier molecular flexibility index (Phi) is 5.58. The van der Waals surface area contributed by atoms with Gasteiger partial charge in [0.25, 0.3) is 5.91 Å². The highest BCUT2D eigenvalue weighted by atomic mass is 32.1. The van der Waals surface area contributed by atoms with Crippen LogP contribution in [0.4, 0.5) is 4.39 Å². The molecular formula is C19H23FN2O3S. The van der Waals surface area contributed by atoms with E-state index in [1.807, 2.05) is 23.8 Å². The molecule has 0 aliphatic carbocycles. The highest BCUT2D eigenvalue weighted by Crippen LogP contribution is 2.32. The molecule has 2 heterocycles. The van der Waals surface area contributed by atoms with E-state index < -0.39 is 5.97 Å². The Bertz CT molecular complexity index is 836. The molecule has 140 valence electrons. The van der Waals surface area contributed by atoms with Crippen LogP contribution in [0, 0.1) is 12.7 Å². The predicted molar refractivity (Wildman–Crippen MR) is 100 cm³/mol. The second-order valence-electron chi connectivity index (χ2n) is 6.88. The number of hydrogen-bond donors (Lipinski definition) is 1. The lowest BCUT2D eigenvalue weighted by Gasteiger charge is -2.25. The molecule has 1 aromatic heterocycles. The SMILES string of the molecule is Cc1c(C(=O)N2CCCC(N(C)CC(=O)O)CC2)sc2ccc(F)cc12. The quantitative estimate of drug-likeness (QED) is 0.886. The minimum absolute atomic E-state index is 0.00866. The lowest BCUT2D eigenvalue weighted by atomic mass is 10.1. The summed E-state index contributed by atoms with van der Waals surface area (Å²) in [6.07, 6.45) is 2.48. The van der Waals surface area contributed by atoms with Crippen molar-refractivity contribution in [2.45, 2.75) is 32.2 Å². The Morgan fingerprint density at radius 1 is 1.35 bits per heavy atom. The van der Waals surface area contributed by atoms with Gasteiger partial charge in [0.1, 0.15) is 5.82 Å². The topological polar surface area (TPSA) is 60.9 Å². The standard InChI is InChI=1S/C19H23FN2O3S/c1-12-15-10-13(20)5-6-16(15)26-18(12)19(25)22-8-3-4-14(7-9-22)21(2)11-17(23)24/h5-6,10,14H,3-4,7-9,11H2,1-2H3,(H,23,24). The Morgan fingerprint density at radius 2 is 2.12 bits per heavy atom. The third kappa shape index (κ3) is 3.88. The van der Waals surface area contributed by atoms with Gasteiger partial charge in [-0.1, -0.05) is 0 Å². The number of nitrogens with zero attached hydrogens (tertiary/aromatic N) is 2. The fourth-order valence-electron chi connectivity index (χ4n) is 3.61. The molecule has 1 aliphatic heterocycles. The average Bonchev–Trinajstić information content (AvgIpc) is 2.77. The van der Waals surface area contributed by atoms with Crippen LogP contribution in [0.25, 0.3) is 10.1 Å². The maximum absolute atomic E-state index is 13.5. The summed E-state index contributed by atoms with van der Waals surface area (Å²) in [7, 11) is 1.82. The third-order valence-electron chi connectivity index (χ3n) is 5.09. The number of carboxylic acid groups (broad SMARTS) is 1. The molecule has 1 atom stereocenters. The highest BCUT2D eigenvalue weighted by molar-refractivity contribution is 7.21. The van der Waals surface area contributed by atoms with Crippen molar-refractivity contribution in [2.24, 2.45) is 0 Å². The second kappa shape index (κ2) is 7.72. The molecule has 1 aliphatic rings. The van der Waals surface area contributed by atoms with E-state index in [9.17, 15) is 14.0 Å². The first-order chi connectivity index (χ1) is 12.4. The summed E-state index contributed by atoms with van der Waals surface area (Å²) >= 11 is 1.41. The van der Waals surface area contributed by atoms with Crippen molar-refractivity contribution in [3.8, 4) is 0 Å². The number of carbonyl (C=O) groups excluding carboxylic acids is 1. The maximum atomic E-state index is 13.5. The highest BCUT2D eigenvalue weighted by Gasteiger charge is 2.26. The van der Waals surface area contributed by atoms with E-state index in [1.165, 1.54) is 23.5 Å². The minimum Gasteiger partial charge on any atom is -0.480 e. The van der Waals surface area contributed by atoms with Crippen LogP contribution >= 0.6 is 11.3 Å². The summed E-state index contributed by atoms with van der Waals surface area (Å²) < 4.78 is 14.4. The van der Waals surface area contributed by atoms with Crippen LogP contribution in [0.1, 0.15) is 34.5 Å². The maximum Gasteiger partial charge on any atom is 0.317 e. The van der Waals surface area contributed by atoms with E-state index in [1.54, 1.807) is 6.07 Å². The number of hydrogen-bond acceptors (Lipinski definition) is 4. The molecule has 1 saturated heterocycles. The molecule has 3 rings (SSSR count). The van der Waals surface area contributed by atoms with Crippen LogP contribution in [0.2, 0.25) is 0 Å². The van der Waals surface area contributed by atoms with Crippen molar-refractivity contribution in [3.63, 3.8) is 0 Å². The Balaban J connectivity index is 1.74. The predicted octanol–water partition coefficient (Wildman–Crippen LogP) is 3.36. The zero-order valence-corrected chi connectivity index (χ0v) is 15.8. The van der Waals surface area contributed by atoms with Crippen LogP contribution in [0.3, 0.4) is 0 Å². The molecule has 1 aromatic carbocycles. The Morgan fingerprint density at radius 3 is 2.85 bits per heavy atom. The lowest BCUT2D eigenvalue weighted by Crippen LogP contribution is -2.37. The van der Waals surface area contributed by atoms with E-state index >= 15 is 0 Å². The van der Waals surface area contributed by atoms with Gasteiger partial charge < -0.3 is 10.0 Å². The molecule has 5 nitrogen and oxygen atoms in total. The van der Waals surface area contributed by atoms with Gasteiger partial charge >= 0.3 is 5.97 Å². The molecule has 1 N–H and O–H groups in total. The minimum atomic E-state index is -0.835. The van der Waals surface area contributed by atoms with Crippen molar-refractivity contribution in [3.05, 3.63) is 34.5 Å². The summed E-state index contributed by atoms with van der Waals surface area (Å²) in [6.45, 7) is 3.15. The summed E-state index contributed by atoms with van der Waals surface area (Å²) in [4.78, 5) is 28.3. The van der Waals surface area contributed by atoms with Gasteiger partial charge in [-0.15, -0.1) is 11.3 Å². The van der Waals surface area contributed by atoms with Crippen LogP contribution in [0.5, 0.6) is 0 Å². The summed E-state index contributed by atoms with van der Waals surface area (Å²) in [5.74, 6) is -1.14. The summed E-state index contributed by atoms with van der Waals surface area (Å²) in [6, 6.07) is 4.79. The van der Waals surface area contributed by atoms with Gasteiger partial charge in [0.15, 0.2) is 0 Å². The number of aryl methyl sites for hydroxylation is 1. The molecule has 1 fully saturated rings. The van der Waals surface area contributed by atoms with Gasteiger partial charge in [-0.2, -0.15) is 0 Å². The van der Waals surface area contributed by atoms with Crippen molar-refractivity contribution in [2.75, 3.05) is 26.7 Å². The van der Waals surface area contributed by atoms with Crippen LogP contribution in [-0.4, -0.2) is 59.5 Å². The van der Waals surface area contributed by atoms with Gasteiger partial charge in [0.2, 0.25) is 0 Å². The van der Waals surface area contributed by atoms with Crippen LogP contribution in [0.15, 0.2) is 18.2 Å². The lowest BCUT2D eigenvalue weighted by molar-refractivity contribution is -0.138. The number of carbonyl (C=O) groups is 2. The number of halogens is 1. The van der Waals surface area contributed by atoms with Gasteiger partial charge in [-0.3, -0.25) is 14.5 Å². The smallest absolute Gasteiger partial charge is 0.317 e. The first-order valence-corrected chi connectivity index (χ1v) is 9.58. The molecule has 0 bridgehead atoms. The number of aliphatic carboxylic acids is 1. The second-order valence-corrected chi connectivity index (χ2v) is 7.93. The molecule has 7 heteroatoms. The first kappa shape index (κ1) is 18.8. The largest absolute Gasteiger partial charge is 0.480 e. The third-order valence-corrected chi connectivity index (χ3v) is 6.35. The molecule has 0 spiro atoms. The zero-order chi connectivity index (χ0) is 18.8. The van der Waals surface area contributed by atoms with Gasteiger partial charge in [-0.25, -0.2) is 4.39 Å². The van der Waals surface area contributed by atoms with Crippen LogP contribution < -0.4 is 0 Å². The molecule has 26 heavy (non-hydrogen) atoms. The molecule has 1 unspecified atom stereocenters. The van der Waals surface area contributed by atoms with Crippen molar-refractivity contribution < 1.29 is 19.1 Å². The number of rotatable bonds is 4. The van der Waals surface area contributed by atoms with E-state index in [0.29, 0.717) is 18.0 Å². The normalized spacial score (nSPS) is 18.3. The summed E-state index contributed by atoms with van der Waals surface area (Å²) in [5.41, 5.74) is 0.832. The monoisotopic (exact) mass is 378 g/mol. The van der Waals surface area contributed by atoms with Gasteiger partial charge in [0.05, 0.1) is 11.4 Å². The fourth-order valence-corrected chi connectivity index (χ4v) is 4.76. The number of likely N-dealkylation sites (N-methyl/N-ethyl adjacent to an activating group) is 1. The molecule has 1 amide bonds. The Labute approximate surface area is 156 Å². The van der Waals surface area contributed by atoms with E-state index in [-0.39, 0.29) is 24.3 Å². The molecule has 2 aromatic rings. The average molecular weight is 378 g/mol. The van der Waals surface area contributed by atoms with Crippen molar-refractivity contribution in [1.29, 1.82) is 0 Å². The van der Waals surface area contributed by atoms with E-state index in [4.69, 9.17) is 5.11 Å². The van der Waals surface area contributed by atoms with Crippen molar-refractivity contribution in [1.82, 2.24) is 9.80 Å². The number of thiophene rings is 1. The van der Waals surface area contributed by atoms with Gasteiger partial charge in [-0.05, 0) is 62.4 Å². The van der Waals surface area contributed by atoms with Gasteiger partial charge in [0, 0.05) is 23.8 Å². The number of carboxylic acids is 1. The molecule has 0 radical (unpaired) electrons. The zero-order valence-electron chi connectivity index (χ0n) is 15.0. The number of fused-ring (bicyclic) bond motifs is 1. The number of likely N-dealkylation sites (tertiary alicyclic amines) is 1. The first-order valence-electron chi connectivity index (χ1n) is 8.76. The summed E-state index contributed by atoms with van der Waals surface area (Å²) in [5, 5.41) is 9.76. The van der Waals surface area contributed by atoms with Crippen molar-refractivity contribution >= 4 is 33.3 Å². The molecule has 0 saturated carbocycles. The Hall–Kier alpha value is -1.99. The van der Waals surface area contributed by atoms with Crippen LogP contribution in [-0.2, 0) is 4.79 Å². The van der Waals surface area contributed by atoms with E-state index in [2.05, 4.69) is 0 Å². The number of benzene rings is 1. The fraction of sp³-hybridized carbons (Fsp3) is 0.474. The molecular weight excluding hydrogens is 355 g/mol.